The van der Waals surface area contributed by atoms with Crippen LogP contribution in [0, 0.1) is 6.92 Å². The van der Waals surface area contributed by atoms with E-state index in [2.05, 4.69) is 31.8 Å². The fraction of sp³-hybridized carbons (Fsp3) is 0.545. The van der Waals surface area contributed by atoms with Crippen molar-refractivity contribution in [2.75, 3.05) is 7.11 Å². The van der Waals surface area contributed by atoms with E-state index in [-0.39, 0.29) is 12.2 Å². The van der Waals surface area contributed by atoms with E-state index in [1.807, 2.05) is 26.8 Å². The summed E-state index contributed by atoms with van der Waals surface area (Å²) in [6.07, 6.45) is 4.80. The van der Waals surface area contributed by atoms with Gasteiger partial charge in [-0.1, -0.05) is 20.8 Å². The minimum atomic E-state index is 0.0566. The molecular weight excluding hydrogens is 340 g/mol. The third kappa shape index (κ3) is 5.12. The summed E-state index contributed by atoms with van der Waals surface area (Å²) in [6.45, 7) is 12.4. The summed E-state index contributed by atoms with van der Waals surface area (Å²) >= 11 is 0. The maximum absolute atomic E-state index is 6.20. The largest absolute Gasteiger partial charge is 0.496 e. The van der Waals surface area contributed by atoms with Crippen molar-refractivity contribution < 1.29 is 14.2 Å². The van der Waals surface area contributed by atoms with E-state index in [1.165, 1.54) is 0 Å². The van der Waals surface area contributed by atoms with Crippen molar-refractivity contribution in [3.8, 4) is 28.6 Å². The number of methoxy groups -OCH3 is 1. The van der Waals surface area contributed by atoms with Crippen LogP contribution in [0.3, 0.4) is 0 Å². The average molecular weight is 373 g/mol. The van der Waals surface area contributed by atoms with Gasteiger partial charge in [0.05, 0.1) is 36.3 Å². The van der Waals surface area contributed by atoms with Crippen LogP contribution in [0.25, 0.3) is 11.3 Å². The molecule has 0 aliphatic carbocycles. The van der Waals surface area contributed by atoms with Crippen LogP contribution in [0.4, 0.5) is 0 Å². The highest BCUT2D eigenvalue weighted by Gasteiger charge is 2.18. The van der Waals surface area contributed by atoms with E-state index < -0.39 is 0 Å². The molecule has 0 aromatic carbocycles. The van der Waals surface area contributed by atoms with Gasteiger partial charge in [-0.3, -0.25) is 0 Å². The van der Waals surface area contributed by atoms with Crippen molar-refractivity contribution in [2.24, 2.45) is 0 Å². The molecule has 0 saturated heterocycles. The lowest BCUT2D eigenvalue weighted by atomic mass is 10.1. The van der Waals surface area contributed by atoms with E-state index >= 15 is 0 Å². The lowest BCUT2D eigenvalue weighted by molar-refractivity contribution is 0.190. The van der Waals surface area contributed by atoms with Crippen molar-refractivity contribution in [3.05, 3.63) is 29.6 Å². The van der Waals surface area contributed by atoms with Gasteiger partial charge in [-0.15, -0.1) is 0 Å². The number of pyridine rings is 2. The van der Waals surface area contributed by atoms with Gasteiger partial charge in [0.25, 0.3) is 0 Å². The SMILES string of the molecule is CCc1nc(-c2cnc(OC(C)C)cc2OC)c(C)cc1OC(CC)CC. The summed E-state index contributed by atoms with van der Waals surface area (Å²) in [5, 5.41) is 0. The molecule has 148 valence electrons. The topological polar surface area (TPSA) is 53.5 Å². The predicted molar refractivity (Wildman–Crippen MR) is 109 cm³/mol. The summed E-state index contributed by atoms with van der Waals surface area (Å²) in [5.74, 6) is 2.12. The fourth-order valence-corrected chi connectivity index (χ4v) is 2.96. The van der Waals surface area contributed by atoms with Crippen molar-refractivity contribution in [3.63, 3.8) is 0 Å². The molecule has 0 N–H and O–H groups in total. The molecule has 0 saturated carbocycles. The summed E-state index contributed by atoms with van der Waals surface area (Å²) in [6, 6.07) is 3.90. The quantitative estimate of drug-likeness (QED) is 0.592. The molecule has 0 amide bonds. The van der Waals surface area contributed by atoms with Crippen LogP contribution in [0.5, 0.6) is 17.4 Å². The van der Waals surface area contributed by atoms with E-state index in [0.29, 0.717) is 11.6 Å². The van der Waals surface area contributed by atoms with Gasteiger partial charge in [0.2, 0.25) is 5.88 Å². The number of aromatic nitrogens is 2. The molecule has 0 fully saturated rings. The molecule has 0 atom stereocenters. The van der Waals surface area contributed by atoms with Gasteiger partial charge in [-0.05, 0) is 51.7 Å². The first-order valence-corrected chi connectivity index (χ1v) is 9.81. The maximum Gasteiger partial charge on any atom is 0.217 e. The highest BCUT2D eigenvalue weighted by Crippen LogP contribution is 2.35. The van der Waals surface area contributed by atoms with Crippen LogP contribution in [0.1, 0.15) is 58.7 Å². The highest BCUT2D eigenvalue weighted by atomic mass is 16.5. The van der Waals surface area contributed by atoms with Crippen molar-refractivity contribution in [1.29, 1.82) is 0 Å². The van der Waals surface area contributed by atoms with Gasteiger partial charge < -0.3 is 14.2 Å². The second-order valence-corrected chi connectivity index (χ2v) is 6.90. The minimum absolute atomic E-state index is 0.0566. The normalized spacial score (nSPS) is 11.1. The lowest BCUT2D eigenvalue weighted by Crippen LogP contribution is -2.15. The number of hydrogen-bond acceptors (Lipinski definition) is 5. The summed E-state index contributed by atoms with van der Waals surface area (Å²) in [4.78, 5) is 9.32. The second kappa shape index (κ2) is 9.58. The Kier molecular flexibility index (Phi) is 7.45. The fourth-order valence-electron chi connectivity index (χ4n) is 2.96. The molecule has 0 bridgehead atoms. The Balaban J connectivity index is 2.46. The van der Waals surface area contributed by atoms with Crippen molar-refractivity contribution in [2.45, 2.75) is 73.0 Å². The second-order valence-electron chi connectivity index (χ2n) is 6.90. The molecule has 2 heterocycles. The molecule has 0 radical (unpaired) electrons. The van der Waals surface area contributed by atoms with Crippen LogP contribution in [-0.4, -0.2) is 29.3 Å². The molecule has 2 aromatic rings. The number of hydrogen-bond donors (Lipinski definition) is 0. The van der Waals surface area contributed by atoms with E-state index in [0.717, 1.165) is 47.5 Å². The average Bonchev–Trinajstić information content (AvgIpc) is 2.65. The van der Waals surface area contributed by atoms with Gasteiger partial charge in [0.15, 0.2) is 0 Å². The number of ether oxygens (including phenoxy) is 3. The van der Waals surface area contributed by atoms with Crippen molar-refractivity contribution >= 4 is 0 Å². The number of rotatable bonds is 9. The molecule has 5 heteroatoms. The molecule has 2 aromatic heterocycles. The zero-order valence-electron chi connectivity index (χ0n) is 17.6. The zero-order valence-corrected chi connectivity index (χ0v) is 17.6. The molecule has 2 rings (SSSR count). The molecule has 27 heavy (non-hydrogen) atoms. The van der Waals surface area contributed by atoms with E-state index in [9.17, 15) is 0 Å². The first kappa shape index (κ1) is 21.0. The summed E-state index contributed by atoms with van der Waals surface area (Å²) < 4.78 is 17.5. The van der Waals surface area contributed by atoms with Crippen molar-refractivity contribution in [1.82, 2.24) is 9.97 Å². The molecule has 0 spiro atoms. The minimum Gasteiger partial charge on any atom is -0.496 e. The highest BCUT2D eigenvalue weighted by molar-refractivity contribution is 5.70. The van der Waals surface area contributed by atoms with Crippen LogP contribution >= 0.6 is 0 Å². The van der Waals surface area contributed by atoms with Gasteiger partial charge in [-0.2, -0.15) is 0 Å². The maximum atomic E-state index is 6.20. The lowest BCUT2D eigenvalue weighted by Gasteiger charge is -2.20. The third-order valence-corrected chi connectivity index (χ3v) is 4.46. The molecule has 0 aliphatic heterocycles. The Morgan fingerprint density at radius 2 is 1.70 bits per heavy atom. The number of nitrogens with zero attached hydrogens (tertiary/aromatic N) is 2. The Labute approximate surface area is 163 Å². The van der Waals surface area contributed by atoms with E-state index in [1.54, 1.807) is 13.3 Å². The standard InChI is InChI=1S/C22H32N2O3/c1-8-16(9-2)27-20-11-15(6)22(24-18(20)10-3)17-13-23-21(26-14(4)5)12-19(17)25-7/h11-14,16H,8-10H2,1-7H3. The van der Waals surface area contributed by atoms with Crippen LogP contribution in [0.15, 0.2) is 18.3 Å². The van der Waals surface area contributed by atoms with Crippen LogP contribution < -0.4 is 14.2 Å². The Hall–Kier alpha value is -2.30. The molecule has 0 unspecified atom stereocenters. The van der Waals surface area contributed by atoms with Gasteiger partial charge in [0, 0.05) is 12.3 Å². The smallest absolute Gasteiger partial charge is 0.217 e. The van der Waals surface area contributed by atoms with E-state index in [4.69, 9.17) is 19.2 Å². The molecule has 0 aliphatic rings. The molecular formula is C22H32N2O3. The zero-order chi connectivity index (χ0) is 20.0. The first-order chi connectivity index (χ1) is 12.9. The van der Waals surface area contributed by atoms with Crippen LogP contribution in [-0.2, 0) is 6.42 Å². The first-order valence-electron chi connectivity index (χ1n) is 9.81. The van der Waals surface area contributed by atoms with Gasteiger partial charge >= 0.3 is 0 Å². The third-order valence-electron chi connectivity index (χ3n) is 4.46. The summed E-state index contributed by atoms with van der Waals surface area (Å²) in [5.41, 5.74) is 3.71. The molecule has 5 nitrogen and oxygen atoms in total. The Bertz CT molecular complexity index is 755. The van der Waals surface area contributed by atoms with Gasteiger partial charge in [0.1, 0.15) is 11.5 Å². The Morgan fingerprint density at radius 3 is 2.26 bits per heavy atom. The number of aryl methyl sites for hydroxylation is 2. The van der Waals surface area contributed by atoms with Crippen LogP contribution in [0.2, 0.25) is 0 Å². The predicted octanol–water partition coefficient (Wildman–Crippen LogP) is 5.38. The monoisotopic (exact) mass is 372 g/mol. The Morgan fingerprint density at radius 1 is 1.00 bits per heavy atom. The summed E-state index contributed by atoms with van der Waals surface area (Å²) in [7, 11) is 1.65. The van der Waals surface area contributed by atoms with Gasteiger partial charge in [-0.25, -0.2) is 9.97 Å².